The maximum Gasteiger partial charge on any atom is 0.282 e. The van der Waals surface area contributed by atoms with E-state index in [4.69, 9.17) is 0 Å². The van der Waals surface area contributed by atoms with Gasteiger partial charge in [-0.1, -0.05) is 23.5 Å². The highest BCUT2D eigenvalue weighted by Gasteiger charge is 2.23. The third-order valence-corrected chi connectivity index (χ3v) is 4.70. The van der Waals surface area contributed by atoms with E-state index in [1.54, 1.807) is 12.1 Å². The number of carbonyl (C=O) groups excluding carboxylic acids is 2. The summed E-state index contributed by atoms with van der Waals surface area (Å²) in [6.45, 7) is 1.01. The number of carbonyl (C=O) groups is 2. The van der Waals surface area contributed by atoms with Crippen LogP contribution in [0, 0.1) is 5.82 Å². The van der Waals surface area contributed by atoms with Crippen molar-refractivity contribution in [3.05, 3.63) is 45.7 Å². The molecule has 0 saturated heterocycles. The van der Waals surface area contributed by atoms with E-state index in [-0.39, 0.29) is 35.7 Å². The molecule has 0 aliphatic heterocycles. The van der Waals surface area contributed by atoms with E-state index in [0.717, 1.165) is 18.4 Å². The quantitative estimate of drug-likeness (QED) is 0.725. The normalized spacial score (nSPS) is 13.7. The number of nitrogens with zero attached hydrogens (tertiary/aromatic N) is 3. The monoisotopic (exact) mass is 377 g/mol. The van der Waals surface area contributed by atoms with Crippen LogP contribution in [0.4, 0.5) is 4.39 Å². The molecule has 0 spiro atoms. The molecule has 0 radical (unpaired) electrons. The van der Waals surface area contributed by atoms with Crippen molar-refractivity contribution in [2.75, 3.05) is 13.6 Å². The van der Waals surface area contributed by atoms with Crippen LogP contribution in [0.2, 0.25) is 0 Å². The standard InChI is InChI=1S/C17H20FN5O2S/c1-23(9-14(24)20-13-6-7-13)10-15-21-22-17(26-15)16(25)19-8-11-2-4-12(18)5-3-11/h2-5,13H,6-10H2,1H3,(H,19,25)(H,20,24). The molecule has 2 amide bonds. The van der Waals surface area contributed by atoms with Crippen LogP contribution in [0.5, 0.6) is 0 Å². The molecule has 2 aromatic rings. The Hall–Kier alpha value is -2.39. The summed E-state index contributed by atoms with van der Waals surface area (Å²) < 4.78 is 12.9. The summed E-state index contributed by atoms with van der Waals surface area (Å²) in [6.07, 6.45) is 2.12. The van der Waals surface area contributed by atoms with Gasteiger partial charge in [0.1, 0.15) is 10.8 Å². The lowest BCUT2D eigenvalue weighted by atomic mass is 10.2. The van der Waals surface area contributed by atoms with Crippen molar-refractivity contribution < 1.29 is 14.0 Å². The van der Waals surface area contributed by atoms with Crippen molar-refractivity contribution >= 4 is 23.2 Å². The van der Waals surface area contributed by atoms with E-state index in [2.05, 4.69) is 20.8 Å². The molecule has 2 N–H and O–H groups in total. The second kappa shape index (κ2) is 8.33. The van der Waals surface area contributed by atoms with Gasteiger partial charge in [0, 0.05) is 12.6 Å². The second-order valence-corrected chi connectivity index (χ2v) is 7.39. The van der Waals surface area contributed by atoms with E-state index >= 15 is 0 Å². The Labute approximate surface area is 154 Å². The minimum Gasteiger partial charge on any atom is -0.352 e. The van der Waals surface area contributed by atoms with E-state index in [0.29, 0.717) is 17.6 Å². The summed E-state index contributed by atoms with van der Waals surface area (Å²) in [7, 11) is 1.82. The number of hydrogen-bond donors (Lipinski definition) is 2. The molecule has 7 nitrogen and oxygen atoms in total. The first-order chi connectivity index (χ1) is 12.5. The third kappa shape index (κ3) is 5.57. The van der Waals surface area contributed by atoms with Gasteiger partial charge in [-0.15, -0.1) is 10.2 Å². The number of rotatable bonds is 8. The van der Waals surface area contributed by atoms with Gasteiger partial charge in [0.2, 0.25) is 10.9 Å². The van der Waals surface area contributed by atoms with Crippen LogP contribution in [-0.2, 0) is 17.9 Å². The van der Waals surface area contributed by atoms with Gasteiger partial charge in [-0.2, -0.15) is 0 Å². The zero-order valence-electron chi connectivity index (χ0n) is 14.4. The summed E-state index contributed by atoms with van der Waals surface area (Å²) in [5.74, 6) is -0.646. The molecule has 1 aliphatic rings. The fourth-order valence-electron chi connectivity index (χ4n) is 2.30. The SMILES string of the molecule is CN(CC(=O)NC1CC1)Cc1nnc(C(=O)NCc2ccc(F)cc2)s1. The minimum absolute atomic E-state index is 0.00298. The fourth-order valence-corrected chi connectivity index (χ4v) is 3.14. The minimum atomic E-state index is -0.327. The van der Waals surface area contributed by atoms with Gasteiger partial charge < -0.3 is 10.6 Å². The first-order valence-electron chi connectivity index (χ1n) is 8.32. The molecule has 1 saturated carbocycles. The predicted molar refractivity (Wildman–Crippen MR) is 95.0 cm³/mol. The maximum absolute atomic E-state index is 12.9. The van der Waals surface area contributed by atoms with Gasteiger partial charge >= 0.3 is 0 Å². The van der Waals surface area contributed by atoms with E-state index in [9.17, 15) is 14.0 Å². The second-order valence-electron chi connectivity index (χ2n) is 6.32. The molecule has 0 unspecified atom stereocenters. The predicted octanol–water partition coefficient (Wildman–Crippen LogP) is 1.32. The number of amides is 2. The summed E-state index contributed by atoms with van der Waals surface area (Å²) in [5.41, 5.74) is 0.797. The summed E-state index contributed by atoms with van der Waals surface area (Å²) in [4.78, 5) is 25.7. The molecular weight excluding hydrogens is 357 g/mol. The van der Waals surface area contributed by atoms with Crippen LogP contribution in [0.15, 0.2) is 24.3 Å². The Balaban J connectivity index is 1.46. The molecule has 1 aromatic heterocycles. The van der Waals surface area contributed by atoms with Crippen molar-refractivity contribution in [3.63, 3.8) is 0 Å². The number of benzene rings is 1. The zero-order chi connectivity index (χ0) is 18.5. The van der Waals surface area contributed by atoms with Crippen LogP contribution in [-0.4, -0.2) is 46.5 Å². The molecule has 1 aliphatic carbocycles. The molecule has 0 atom stereocenters. The van der Waals surface area contributed by atoms with E-state index in [1.807, 2.05) is 11.9 Å². The summed E-state index contributed by atoms with van der Waals surface area (Å²) in [6, 6.07) is 6.26. The molecule has 1 fully saturated rings. The first-order valence-corrected chi connectivity index (χ1v) is 9.14. The maximum atomic E-state index is 12.9. The third-order valence-electron chi connectivity index (χ3n) is 3.79. The van der Waals surface area contributed by atoms with Crippen molar-refractivity contribution in [1.29, 1.82) is 0 Å². The average Bonchev–Trinajstić information content (AvgIpc) is 3.28. The molecule has 1 aromatic carbocycles. The van der Waals surface area contributed by atoms with Crippen molar-refractivity contribution in [2.24, 2.45) is 0 Å². The van der Waals surface area contributed by atoms with Crippen LogP contribution < -0.4 is 10.6 Å². The van der Waals surface area contributed by atoms with Gasteiger partial charge in [-0.25, -0.2) is 4.39 Å². The Morgan fingerprint density at radius 3 is 2.69 bits per heavy atom. The molecule has 26 heavy (non-hydrogen) atoms. The Bertz CT molecular complexity index is 776. The Morgan fingerprint density at radius 1 is 1.27 bits per heavy atom. The van der Waals surface area contributed by atoms with Crippen LogP contribution >= 0.6 is 11.3 Å². The van der Waals surface area contributed by atoms with E-state index in [1.165, 1.54) is 23.5 Å². The topological polar surface area (TPSA) is 87.2 Å². The molecule has 1 heterocycles. The molecule has 3 rings (SSSR count). The molecular formula is C17H20FN5O2S. The van der Waals surface area contributed by atoms with Crippen molar-refractivity contribution in [3.8, 4) is 0 Å². The molecule has 9 heteroatoms. The number of nitrogens with one attached hydrogen (secondary N) is 2. The number of halogens is 1. The van der Waals surface area contributed by atoms with Gasteiger partial charge in [0.05, 0.1) is 13.1 Å². The van der Waals surface area contributed by atoms with Crippen LogP contribution in [0.1, 0.15) is 33.2 Å². The highest BCUT2D eigenvalue weighted by Crippen LogP contribution is 2.18. The van der Waals surface area contributed by atoms with Gasteiger partial charge in [-0.3, -0.25) is 14.5 Å². The number of likely N-dealkylation sites (N-methyl/N-ethyl adjacent to an activating group) is 1. The highest BCUT2D eigenvalue weighted by atomic mass is 32.1. The van der Waals surface area contributed by atoms with Crippen LogP contribution in [0.25, 0.3) is 0 Å². The Morgan fingerprint density at radius 2 is 2.00 bits per heavy atom. The lowest BCUT2D eigenvalue weighted by Gasteiger charge is -2.14. The Kier molecular flexibility index (Phi) is 5.89. The lowest BCUT2D eigenvalue weighted by molar-refractivity contribution is -0.122. The molecule has 138 valence electrons. The average molecular weight is 377 g/mol. The largest absolute Gasteiger partial charge is 0.352 e. The zero-order valence-corrected chi connectivity index (χ0v) is 15.2. The highest BCUT2D eigenvalue weighted by molar-refractivity contribution is 7.13. The van der Waals surface area contributed by atoms with E-state index < -0.39 is 0 Å². The molecule has 0 bridgehead atoms. The van der Waals surface area contributed by atoms with Crippen molar-refractivity contribution in [2.45, 2.75) is 32.0 Å². The number of hydrogen-bond acceptors (Lipinski definition) is 6. The van der Waals surface area contributed by atoms with Crippen molar-refractivity contribution in [1.82, 2.24) is 25.7 Å². The first kappa shape index (κ1) is 18.4. The van der Waals surface area contributed by atoms with Crippen LogP contribution in [0.3, 0.4) is 0 Å². The summed E-state index contributed by atoms with van der Waals surface area (Å²) >= 11 is 1.19. The fraction of sp³-hybridized carbons (Fsp3) is 0.412. The number of aromatic nitrogens is 2. The lowest BCUT2D eigenvalue weighted by Crippen LogP contribution is -2.35. The smallest absolute Gasteiger partial charge is 0.282 e. The summed E-state index contributed by atoms with van der Waals surface area (Å²) in [5, 5.41) is 14.5. The van der Waals surface area contributed by atoms with Gasteiger partial charge in [0.25, 0.3) is 5.91 Å². The van der Waals surface area contributed by atoms with Gasteiger partial charge in [0.15, 0.2) is 0 Å². The van der Waals surface area contributed by atoms with Gasteiger partial charge in [-0.05, 0) is 37.6 Å².